The zero-order valence-corrected chi connectivity index (χ0v) is 15.4. The van der Waals surface area contributed by atoms with E-state index in [2.05, 4.69) is 5.32 Å². The molecular weight excluding hydrogens is 375 g/mol. The highest BCUT2D eigenvalue weighted by Crippen LogP contribution is 2.64. The number of carbonyl (C=O) groups is 1. The minimum absolute atomic E-state index is 0.0255. The molecule has 0 bridgehead atoms. The standard InChI is InChI=1S/C15H18Cl2N2O4S/c1-14(9-15(14,16)17)13(21)18-11-8-10(4-5-12(11)20)24(22,23)19-6-2-3-7-19/h4-5,8,20H,2-3,6-7,9H2,1H3,(H,18,21). The molecule has 2 aliphatic rings. The van der Waals surface area contributed by atoms with Crippen molar-refractivity contribution in [3.63, 3.8) is 0 Å². The summed E-state index contributed by atoms with van der Waals surface area (Å²) < 4.78 is 25.4. The Balaban J connectivity index is 1.86. The van der Waals surface area contributed by atoms with Crippen LogP contribution >= 0.6 is 23.2 Å². The molecule has 1 amide bonds. The van der Waals surface area contributed by atoms with Crippen LogP contribution in [0.5, 0.6) is 5.75 Å². The van der Waals surface area contributed by atoms with E-state index < -0.39 is 25.7 Å². The van der Waals surface area contributed by atoms with Gasteiger partial charge in [-0.2, -0.15) is 4.31 Å². The predicted octanol–water partition coefficient (Wildman–Crippen LogP) is 2.70. The van der Waals surface area contributed by atoms with Crippen molar-refractivity contribution in [3.05, 3.63) is 18.2 Å². The first-order valence-corrected chi connectivity index (χ1v) is 9.80. The largest absolute Gasteiger partial charge is 0.506 e. The Morgan fingerprint density at radius 1 is 1.29 bits per heavy atom. The second kappa shape index (κ2) is 5.76. The number of hydrogen-bond acceptors (Lipinski definition) is 4. The van der Waals surface area contributed by atoms with Crippen LogP contribution < -0.4 is 5.32 Å². The van der Waals surface area contributed by atoms with E-state index in [1.54, 1.807) is 6.92 Å². The lowest BCUT2D eigenvalue weighted by Crippen LogP contribution is -2.28. The summed E-state index contributed by atoms with van der Waals surface area (Å²) in [6.45, 7) is 2.57. The number of carbonyl (C=O) groups excluding carboxylic acids is 1. The first kappa shape index (κ1) is 17.8. The summed E-state index contributed by atoms with van der Waals surface area (Å²) in [4.78, 5) is 12.4. The molecule has 9 heteroatoms. The monoisotopic (exact) mass is 392 g/mol. The number of alkyl halides is 2. The van der Waals surface area contributed by atoms with Crippen molar-refractivity contribution in [2.75, 3.05) is 18.4 Å². The van der Waals surface area contributed by atoms with Gasteiger partial charge in [0.2, 0.25) is 15.9 Å². The van der Waals surface area contributed by atoms with E-state index in [0.29, 0.717) is 19.5 Å². The molecule has 1 unspecified atom stereocenters. The van der Waals surface area contributed by atoms with E-state index in [-0.39, 0.29) is 16.3 Å². The first-order valence-electron chi connectivity index (χ1n) is 7.60. The Labute approximate surface area is 150 Å². The quantitative estimate of drug-likeness (QED) is 0.608. The van der Waals surface area contributed by atoms with Gasteiger partial charge in [0.1, 0.15) is 10.1 Å². The summed E-state index contributed by atoms with van der Waals surface area (Å²) in [5.41, 5.74) is -0.940. The van der Waals surface area contributed by atoms with Gasteiger partial charge < -0.3 is 10.4 Å². The fraction of sp³-hybridized carbons (Fsp3) is 0.533. The minimum atomic E-state index is -3.64. The molecule has 2 fully saturated rings. The maximum atomic E-state index is 12.6. The van der Waals surface area contributed by atoms with Crippen molar-refractivity contribution in [2.24, 2.45) is 5.41 Å². The van der Waals surface area contributed by atoms with Gasteiger partial charge >= 0.3 is 0 Å². The van der Waals surface area contributed by atoms with E-state index in [1.807, 2.05) is 0 Å². The van der Waals surface area contributed by atoms with Gasteiger partial charge in [0.15, 0.2) is 0 Å². The molecular formula is C15H18Cl2N2O4S. The minimum Gasteiger partial charge on any atom is -0.506 e. The number of phenols is 1. The van der Waals surface area contributed by atoms with E-state index >= 15 is 0 Å². The number of anilines is 1. The molecule has 2 N–H and O–H groups in total. The zero-order valence-electron chi connectivity index (χ0n) is 13.1. The molecule has 0 aromatic heterocycles. The first-order chi connectivity index (χ1) is 11.1. The normalized spacial score (nSPS) is 26.3. The van der Waals surface area contributed by atoms with Gasteiger partial charge in [-0.05, 0) is 44.4 Å². The van der Waals surface area contributed by atoms with E-state index in [9.17, 15) is 18.3 Å². The molecule has 3 rings (SSSR count). The molecule has 1 aromatic rings. The highest BCUT2D eigenvalue weighted by molar-refractivity contribution is 7.89. The van der Waals surface area contributed by atoms with Crippen LogP contribution in [0, 0.1) is 5.41 Å². The number of phenolic OH excluding ortho intramolecular Hbond substituents is 1. The number of hydrogen-bond donors (Lipinski definition) is 2. The smallest absolute Gasteiger partial charge is 0.243 e. The van der Waals surface area contributed by atoms with Crippen LogP contribution in [-0.4, -0.2) is 41.2 Å². The molecule has 132 valence electrons. The van der Waals surface area contributed by atoms with Crippen LogP contribution in [0.4, 0.5) is 5.69 Å². The van der Waals surface area contributed by atoms with E-state index in [1.165, 1.54) is 22.5 Å². The van der Waals surface area contributed by atoms with Crippen molar-refractivity contribution in [1.82, 2.24) is 4.31 Å². The Kier molecular flexibility index (Phi) is 4.27. The number of nitrogens with one attached hydrogen (secondary N) is 1. The van der Waals surface area contributed by atoms with Crippen LogP contribution in [0.1, 0.15) is 26.2 Å². The molecule has 1 aliphatic carbocycles. The topological polar surface area (TPSA) is 86.7 Å². The van der Waals surface area contributed by atoms with Gasteiger partial charge in [-0.25, -0.2) is 8.42 Å². The molecule has 6 nitrogen and oxygen atoms in total. The average Bonchev–Trinajstić information content (AvgIpc) is 2.90. The SMILES string of the molecule is CC1(C(=O)Nc2cc(S(=O)(=O)N3CCCC3)ccc2O)CC1(Cl)Cl. The van der Waals surface area contributed by atoms with Crippen molar-refractivity contribution in [2.45, 2.75) is 35.4 Å². The summed E-state index contributed by atoms with van der Waals surface area (Å²) in [6, 6.07) is 3.84. The lowest BCUT2D eigenvalue weighted by molar-refractivity contribution is -0.120. The van der Waals surface area contributed by atoms with Crippen LogP contribution in [0.25, 0.3) is 0 Å². The van der Waals surface area contributed by atoms with Gasteiger partial charge in [0.25, 0.3) is 0 Å². The molecule has 24 heavy (non-hydrogen) atoms. The molecule has 1 saturated heterocycles. The summed E-state index contributed by atoms with van der Waals surface area (Å²) in [5, 5.41) is 12.5. The third-order valence-corrected chi connectivity index (χ3v) is 7.67. The fourth-order valence-electron chi connectivity index (χ4n) is 2.76. The Hall–Kier alpha value is -1.02. The van der Waals surface area contributed by atoms with Crippen molar-refractivity contribution < 1.29 is 18.3 Å². The van der Waals surface area contributed by atoms with Crippen LogP contribution in [0.3, 0.4) is 0 Å². The van der Waals surface area contributed by atoms with Gasteiger partial charge in [-0.15, -0.1) is 23.2 Å². The number of aromatic hydroxyl groups is 1. The molecule has 0 spiro atoms. The van der Waals surface area contributed by atoms with Crippen molar-refractivity contribution >= 4 is 44.8 Å². The maximum Gasteiger partial charge on any atom is 0.243 e. The van der Waals surface area contributed by atoms with Gasteiger partial charge in [0.05, 0.1) is 16.0 Å². The average molecular weight is 393 g/mol. The Morgan fingerprint density at radius 3 is 2.42 bits per heavy atom. The molecule has 1 aromatic carbocycles. The maximum absolute atomic E-state index is 12.6. The third kappa shape index (κ3) is 2.87. The summed E-state index contributed by atoms with van der Waals surface area (Å²) in [6.07, 6.45) is 1.95. The highest BCUT2D eigenvalue weighted by atomic mass is 35.5. The van der Waals surface area contributed by atoms with Crippen LogP contribution in [0.15, 0.2) is 23.1 Å². The van der Waals surface area contributed by atoms with E-state index in [4.69, 9.17) is 23.2 Å². The van der Waals surface area contributed by atoms with Crippen molar-refractivity contribution in [3.8, 4) is 5.75 Å². The summed E-state index contributed by atoms with van der Waals surface area (Å²) in [7, 11) is -3.64. The second-order valence-electron chi connectivity index (χ2n) is 6.46. The number of amides is 1. The number of benzene rings is 1. The molecule has 1 saturated carbocycles. The second-order valence-corrected chi connectivity index (χ2v) is 9.88. The number of rotatable bonds is 4. The van der Waals surface area contributed by atoms with Crippen molar-refractivity contribution in [1.29, 1.82) is 0 Å². The fourth-order valence-corrected chi connectivity index (χ4v) is 5.01. The zero-order chi connectivity index (χ0) is 17.8. The van der Waals surface area contributed by atoms with Gasteiger partial charge in [0, 0.05) is 13.1 Å². The molecule has 0 radical (unpaired) electrons. The molecule has 1 aliphatic heterocycles. The highest BCUT2D eigenvalue weighted by Gasteiger charge is 2.68. The molecule has 1 atom stereocenters. The Bertz CT molecular complexity index is 791. The third-order valence-electron chi connectivity index (χ3n) is 4.68. The predicted molar refractivity (Wildman–Crippen MR) is 91.9 cm³/mol. The number of nitrogens with zero attached hydrogens (tertiary/aromatic N) is 1. The van der Waals surface area contributed by atoms with Crippen LogP contribution in [-0.2, 0) is 14.8 Å². The Morgan fingerprint density at radius 2 is 1.88 bits per heavy atom. The van der Waals surface area contributed by atoms with E-state index in [0.717, 1.165) is 12.8 Å². The van der Waals surface area contributed by atoms with Crippen LogP contribution in [0.2, 0.25) is 0 Å². The number of halogens is 2. The van der Waals surface area contributed by atoms with Gasteiger partial charge in [-0.1, -0.05) is 0 Å². The molecule has 1 heterocycles. The number of sulfonamides is 1. The lowest BCUT2D eigenvalue weighted by Gasteiger charge is -2.18. The summed E-state index contributed by atoms with van der Waals surface area (Å²) in [5.74, 6) is -0.679. The van der Waals surface area contributed by atoms with Gasteiger partial charge in [-0.3, -0.25) is 4.79 Å². The lowest BCUT2D eigenvalue weighted by atomic mass is 10.1. The summed E-state index contributed by atoms with van der Waals surface area (Å²) >= 11 is 12.0.